The van der Waals surface area contributed by atoms with Gasteiger partial charge in [-0.25, -0.2) is 4.39 Å². The minimum Gasteiger partial charge on any atom is -0.398 e. The zero-order chi connectivity index (χ0) is 12.5. The Kier molecular flexibility index (Phi) is 2.76. The fourth-order valence-corrected chi connectivity index (χ4v) is 2.47. The Morgan fingerprint density at radius 2 is 1.72 bits per heavy atom. The number of nitrogens with zero attached hydrogens (tertiary/aromatic N) is 1. The summed E-state index contributed by atoms with van der Waals surface area (Å²) in [5, 5.41) is 0. The summed E-state index contributed by atoms with van der Waals surface area (Å²) in [7, 11) is 0. The van der Waals surface area contributed by atoms with Gasteiger partial charge in [0.05, 0.1) is 0 Å². The second kappa shape index (κ2) is 4.42. The summed E-state index contributed by atoms with van der Waals surface area (Å²) < 4.78 is 13.0. The van der Waals surface area contributed by atoms with E-state index in [1.165, 1.54) is 23.3 Å². The Morgan fingerprint density at radius 1 is 1.06 bits per heavy atom. The second-order valence-corrected chi connectivity index (χ2v) is 4.76. The Balaban J connectivity index is 1.76. The van der Waals surface area contributed by atoms with Gasteiger partial charge in [-0.3, -0.25) is 4.90 Å². The fourth-order valence-electron chi connectivity index (χ4n) is 2.47. The maximum Gasteiger partial charge on any atom is 0.125 e. The fraction of sp³-hybridized carbons (Fsp3) is 0.200. The molecule has 2 N–H and O–H groups in total. The van der Waals surface area contributed by atoms with E-state index in [2.05, 4.69) is 29.2 Å². The first-order valence-corrected chi connectivity index (χ1v) is 6.05. The van der Waals surface area contributed by atoms with Crippen LogP contribution in [0.25, 0.3) is 0 Å². The van der Waals surface area contributed by atoms with Crippen molar-refractivity contribution in [2.24, 2.45) is 0 Å². The lowest BCUT2D eigenvalue weighted by atomic mass is 10.1. The van der Waals surface area contributed by atoms with E-state index in [1.54, 1.807) is 6.07 Å². The van der Waals surface area contributed by atoms with E-state index >= 15 is 0 Å². The number of hydrogen-bond acceptors (Lipinski definition) is 2. The van der Waals surface area contributed by atoms with E-state index in [1.807, 2.05) is 0 Å². The smallest absolute Gasteiger partial charge is 0.125 e. The van der Waals surface area contributed by atoms with Gasteiger partial charge in [0, 0.05) is 25.3 Å². The van der Waals surface area contributed by atoms with Gasteiger partial charge in [0.15, 0.2) is 0 Å². The summed E-state index contributed by atoms with van der Waals surface area (Å²) in [5.74, 6) is -0.277. The summed E-state index contributed by atoms with van der Waals surface area (Å²) in [6.07, 6.45) is 0. The van der Waals surface area contributed by atoms with E-state index in [0.29, 0.717) is 5.69 Å². The van der Waals surface area contributed by atoms with Crippen LogP contribution in [0.4, 0.5) is 10.1 Å². The number of nitrogen functional groups attached to an aromatic ring is 1. The van der Waals surface area contributed by atoms with E-state index in [0.717, 1.165) is 25.2 Å². The first-order chi connectivity index (χ1) is 8.72. The van der Waals surface area contributed by atoms with Crippen LogP contribution in [-0.4, -0.2) is 4.90 Å². The molecule has 0 aromatic heterocycles. The van der Waals surface area contributed by atoms with Gasteiger partial charge in [-0.15, -0.1) is 0 Å². The van der Waals surface area contributed by atoms with Gasteiger partial charge in [0.1, 0.15) is 5.82 Å². The van der Waals surface area contributed by atoms with Crippen molar-refractivity contribution >= 4 is 5.69 Å². The third kappa shape index (κ3) is 2.09. The molecule has 0 unspecified atom stereocenters. The van der Waals surface area contributed by atoms with Crippen molar-refractivity contribution in [3.63, 3.8) is 0 Å². The van der Waals surface area contributed by atoms with Crippen molar-refractivity contribution in [2.75, 3.05) is 5.73 Å². The highest BCUT2D eigenvalue weighted by atomic mass is 19.1. The molecule has 1 aliphatic rings. The zero-order valence-electron chi connectivity index (χ0n) is 10.1. The molecule has 2 aromatic rings. The second-order valence-electron chi connectivity index (χ2n) is 4.76. The van der Waals surface area contributed by atoms with E-state index < -0.39 is 0 Å². The van der Waals surface area contributed by atoms with Crippen molar-refractivity contribution in [2.45, 2.75) is 19.6 Å². The lowest BCUT2D eigenvalue weighted by Crippen LogP contribution is -2.16. The maximum atomic E-state index is 13.0. The van der Waals surface area contributed by atoms with Gasteiger partial charge in [0.2, 0.25) is 0 Å². The van der Waals surface area contributed by atoms with Crippen molar-refractivity contribution < 1.29 is 4.39 Å². The topological polar surface area (TPSA) is 29.3 Å². The molecule has 0 saturated carbocycles. The highest BCUT2D eigenvalue weighted by Crippen LogP contribution is 2.25. The Labute approximate surface area is 106 Å². The monoisotopic (exact) mass is 242 g/mol. The molecule has 0 atom stereocenters. The predicted molar refractivity (Wildman–Crippen MR) is 70.2 cm³/mol. The van der Waals surface area contributed by atoms with Gasteiger partial charge in [-0.05, 0) is 28.8 Å². The first kappa shape index (κ1) is 11.2. The molecular formula is C15H15FN2. The minimum absolute atomic E-state index is 0.277. The molecule has 3 rings (SSSR count). The summed E-state index contributed by atoms with van der Waals surface area (Å²) in [6, 6.07) is 13.1. The minimum atomic E-state index is -0.277. The molecule has 92 valence electrons. The van der Waals surface area contributed by atoms with Crippen LogP contribution in [-0.2, 0) is 19.6 Å². The molecule has 0 bridgehead atoms. The highest BCUT2D eigenvalue weighted by molar-refractivity contribution is 5.47. The van der Waals surface area contributed by atoms with Crippen LogP contribution in [0.5, 0.6) is 0 Å². The molecule has 1 aliphatic heterocycles. The van der Waals surface area contributed by atoms with Crippen LogP contribution >= 0.6 is 0 Å². The van der Waals surface area contributed by atoms with Crippen molar-refractivity contribution in [1.82, 2.24) is 4.90 Å². The number of benzene rings is 2. The molecule has 0 amide bonds. The van der Waals surface area contributed by atoms with Crippen LogP contribution in [0.3, 0.4) is 0 Å². The quantitative estimate of drug-likeness (QED) is 0.820. The van der Waals surface area contributed by atoms with Gasteiger partial charge in [0.25, 0.3) is 0 Å². The van der Waals surface area contributed by atoms with Crippen LogP contribution < -0.4 is 5.73 Å². The Bertz CT molecular complexity index is 555. The van der Waals surface area contributed by atoms with Gasteiger partial charge in [-0.1, -0.05) is 30.3 Å². The molecule has 2 nitrogen and oxygen atoms in total. The summed E-state index contributed by atoms with van der Waals surface area (Å²) in [4.78, 5) is 2.31. The average molecular weight is 242 g/mol. The number of nitrogens with two attached hydrogens (primary N) is 1. The molecule has 0 radical (unpaired) electrons. The molecule has 0 fully saturated rings. The lowest BCUT2D eigenvalue weighted by molar-refractivity contribution is 0.276. The normalized spacial score (nSPS) is 14.7. The lowest BCUT2D eigenvalue weighted by Gasteiger charge is -2.16. The van der Waals surface area contributed by atoms with Crippen molar-refractivity contribution in [3.8, 4) is 0 Å². The van der Waals surface area contributed by atoms with E-state index in [4.69, 9.17) is 5.73 Å². The van der Waals surface area contributed by atoms with Crippen molar-refractivity contribution in [1.29, 1.82) is 0 Å². The van der Waals surface area contributed by atoms with Crippen LogP contribution in [0, 0.1) is 5.82 Å². The van der Waals surface area contributed by atoms with Crippen LogP contribution in [0.1, 0.15) is 16.7 Å². The summed E-state index contributed by atoms with van der Waals surface area (Å²) in [5.41, 5.74) is 10.1. The number of halogens is 1. The molecule has 2 aromatic carbocycles. The molecule has 1 heterocycles. The Morgan fingerprint density at radius 3 is 2.33 bits per heavy atom. The first-order valence-electron chi connectivity index (χ1n) is 6.05. The third-order valence-electron chi connectivity index (χ3n) is 3.41. The summed E-state index contributed by atoms with van der Waals surface area (Å²) >= 11 is 0. The van der Waals surface area contributed by atoms with Gasteiger partial charge < -0.3 is 5.73 Å². The van der Waals surface area contributed by atoms with E-state index in [9.17, 15) is 4.39 Å². The number of anilines is 1. The van der Waals surface area contributed by atoms with Crippen molar-refractivity contribution in [3.05, 3.63) is 65.0 Å². The molecule has 0 aliphatic carbocycles. The SMILES string of the molecule is Nc1cc(F)ccc1CN1Cc2ccccc2C1. The highest BCUT2D eigenvalue weighted by Gasteiger charge is 2.18. The summed E-state index contributed by atoms with van der Waals surface area (Å²) in [6.45, 7) is 2.64. The zero-order valence-corrected chi connectivity index (χ0v) is 10.1. The molecular weight excluding hydrogens is 227 g/mol. The van der Waals surface area contributed by atoms with Crippen LogP contribution in [0.15, 0.2) is 42.5 Å². The Hall–Kier alpha value is -1.87. The van der Waals surface area contributed by atoms with Gasteiger partial charge in [-0.2, -0.15) is 0 Å². The number of hydrogen-bond donors (Lipinski definition) is 1. The van der Waals surface area contributed by atoms with Gasteiger partial charge >= 0.3 is 0 Å². The number of fused-ring (bicyclic) bond motifs is 1. The maximum absolute atomic E-state index is 13.0. The van der Waals surface area contributed by atoms with Crippen LogP contribution in [0.2, 0.25) is 0 Å². The largest absolute Gasteiger partial charge is 0.398 e. The molecule has 3 heteroatoms. The predicted octanol–water partition coefficient (Wildman–Crippen LogP) is 2.92. The molecule has 0 saturated heterocycles. The molecule has 18 heavy (non-hydrogen) atoms. The van der Waals surface area contributed by atoms with E-state index in [-0.39, 0.29) is 5.82 Å². The average Bonchev–Trinajstić information content (AvgIpc) is 2.75. The molecule has 0 spiro atoms. The standard InChI is InChI=1S/C15H15FN2/c16-14-6-5-13(15(17)7-14)10-18-8-11-3-1-2-4-12(11)9-18/h1-7H,8-10,17H2. The number of rotatable bonds is 2. The third-order valence-corrected chi connectivity index (χ3v) is 3.41.